The Bertz CT molecular complexity index is 1960. The average Bonchev–Trinajstić information content (AvgIpc) is 3.74. The van der Waals surface area contributed by atoms with Crippen molar-refractivity contribution in [2.45, 2.75) is 55.5 Å². The van der Waals surface area contributed by atoms with Crippen molar-refractivity contribution in [2.24, 2.45) is 0 Å². The van der Waals surface area contributed by atoms with Gasteiger partial charge in [0.15, 0.2) is 23.6 Å². The molecule has 0 saturated carbocycles. The van der Waals surface area contributed by atoms with E-state index in [1.807, 2.05) is 0 Å². The van der Waals surface area contributed by atoms with Gasteiger partial charge in [-0.1, -0.05) is 12.2 Å². The van der Waals surface area contributed by atoms with Crippen LogP contribution in [-0.2, 0) is 43.9 Å². The number of aliphatic hydroxyl groups excluding tert-OH is 2. The van der Waals surface area contributed by atoms with Gasteiger partial charge in [0.25, 0.3) is 5.56 Å². The number of rotatable bonds is 2. The van der Waals surface area contributed by atoms with Crippen LogP contribution >= 0.6 is 25.8 Å². The lowest BCUT2D eigenvalue weighted by Crippen LogP contribution is -2.36. The number of aromatic nitrogens is 7. The highest BCUT2D eigenvalue weighted by atomic mass is 32.7. The van der Waals surface area contributed by atoms with Crippen molar-refractivity contribution in [1.82, 2.24) is 34.1 Å². The first-order valence-electron chi connectivity index (χ1n) is 13.6. The summed E-state index contributed by atoms with van der Waals surface area (Å²) in [6.45, 7) is -9.18. The smallest absolute Gasteiger partial charge is 0.386 e. The number of ether oxygens (including phenoxy) is 2. The molecular formula is C22H27N9O11P2S2. The number of H-pyrrole nitrogens is 1. The number of hydrogen-bond acceptors (Lipinski definition) is 17. The van der Waals surface area contributed by atoms with Gasteiger partial charge >= 0.3 is 13.5 Å². The Balaban J connectivity index is 1.16. The lowest BCUT2D eigenvalue weighted by molar-refractivity contribution is -0.0511. The summed E-state index contributed by atoms with van der Waals surface area (Å²) in [5, 5.41) is 23.1. The Morgan fingerprint density at radius 3 is 2.52 bits per heavy atom. The standard InChI is InChI=1S/C22H27N9O11P2S2/c23-16-8-1-3-30(17(8)26-6-25-16)20-12(32)14-9(39-20)2-4-37-43(35,45)42-15-10(5-38-44(36,46)41-14)40-21(13(15)33)31-7-27-11-18(31)28-22(24)29-19(11)34/h1,3,6-7,9-10,12-15,20-21,32-33H,2,4-5H2,(H,35,45)(H,36,46)(H2,23,25,26)(H3,24,28,29,34)/t9-,10-,12-,13-,14-,15-,20-,21-,43?,44?/m1/s1. The molecule has 0 bridgehead atoms. The molecule has 0 radical (unpaired) electrons. The normalized spacial score (nSPS) is 37.4. The van der Waals surface area contributed by atoms with Gasteiger partial charge in [-0.15, -0.1) is 0 Å². The van der Waals surface area contributed by atoms with Crippen LogP contribution in [0.2, 0.25) is 0 Å². The minimum atomic E-state index is -4.20. The zero-order valence-corrected chi connectivity index (χ0v) is 26.7. The van der Waals surface area contributed by atoms with Crippen molar-refractivity contribution in [3.05, 3.63) is 35.3 Å². The summed E-state index contributed by atoms with van der Waals surface area (Å²) >= 11 is 9.36. The monoisotopic (exact) mass is 719 g/mol. The van der Waals surface area contributed by atoms with Crippen molar-refractivity contribution in [3.63, 3.8) is 0 Å². The minimum absolute atomic E-state index is 0.0126. The van der Waals surface area contributed by atoms with Gasteiger partial charge in [-0.25, -0.2) is 19.5 Å². The molecule has 20 nitrogen and oxygen atoms in total. The molecule has 7 rings (SSSR count). The van der Waals surface area contributed by atoms with Crippen molar-refractivity contribution in [3.8, 4) is 0 Å². The van der Waals surface area contributed by atoms with E-state index < -0.39 is 74.8 Å². The Hall–Kier alpha value is -2.56. The predicted molar refractivity (Wildman–Crippen MR) is 164 cm³/mol. The summed E-state index contributed by atoms with van der Waals surface area (Å²) in [5.74, 6) is 0.0172. The number of imidazole rings is 1. The molecule has 0 aromatic carbocycles. The number of aliphatic hydroxyl groups is 2. The molecule has 0 spiro atoms. The van der Waals surface area contributed by atoms with E-state index in [4.69, 9.17) is 50.8 Å². The largest absolute Gasteiger partial charge is 0.386 e. The molecule has 3 saturated heterocycles. The van der Waals surface area contributed by atoms with Crippen LogP contribution in [0.1, 0.15) is 18.9 Å². The summed E-state index contributed by atoms with van der Waals surface area (Å²) in [5.41, 5.74) is 11.3. The number of thiol groups is 1. The quantitative estimate of drug-likeness (QED) is 0.103. The molecule has 8 N–H and O–H groups in total. The number of nitrogens with one attached hydrogen (secondary N) is 1. The number of nitrogens with two attached hydrogens (primary N) is 2. The lowest BCUT2D eigenvalue weighted by atomic mass is 10.1. The molecule has 0 amide bonds. The molecule has 3 fully saturated rings. The number of aromatic amines is 1. The van der Waals surface area contributed by atoms with Crippen molar-refractivity contribution < 1.29 is 47.2 Å². The Labute approximate surface area is 267 Å². The molecule has 3 aliphatic rings. The van der Waals surface area contributed by atoms with Gasteiger partial charge in [0.2, 0.25) is 5.95 Å². The number of nitrogen functional groups attached to an aromatic ring is 2. The van der Waals surface area contributed by atoms with Crippen molar-refractivity contribution in [1.29, 1.82) is 0 Å². The van der Waals surface area contributed by atoms with E-state index in [0.717, 1.165) is 0 Å². The van der Waals surface area contributed by atoms with Gasteiger partial charge in [0, 0.05) is 12.6 Å². The molecule has 2 unspecified atom stereocenters. The SMILES string of the molecule is Nc1nc2c(ncn2[C@@H]2O[C@@H]3COP(O)(=S)O[C@H]4[C@@H](O)[C@H](n5ccc6c(N)ncnc65)O[C@@H]4CCOP(=O)(S)O[C@H]3[C@H]2O)c(=O)[nH]1. The summed E-state index contributed by atoms with van der Waals surface area (Å²) in [7, 11) is 0. The Morgan fingerprint density at radius 2 is 1.74 bits per heavy atom. The van der Waals surface area contributed by atoms with Crippen LogP contribution in [0.3, 0.4) is 0 Å². The molecule has 46 heavy (non-hydrogen) atoms. The van der Waals surface area contributed by atoms with Crippen LogP contribution in [0.25, 0.3) is 22.2 Å². The Morgan fingerprint density at radius 1 is 1.02 bits per heavy atom. The van der Waals surface area contributed by atoms with Crippen LogP contribution in [0.4, 0.5) is 11.8 Å². The van der Waals surface area contributed by atoms with E-state index in [1.165, 1.54) is 21.8 Å². The number of hydrogen-bond donors (Lipinski definition) is 7. The molecule has 248 valence electrons. The summed E-state index contributed by atoms with van der Waals surface area (Å²) in [6, 6.07) is 1.66. The van der Waals surface area contributed by atoms with E-state index in [1.54, 1.807) is 12.3 Å². The highest BCUT2D eigenvalue weighted by Gasteiger charge is 2.52. The first-order valence-corrected chi connectivity index (χ1v) is 18.9. The maximum atomic E-state index is 13.4. The topological polar surface area (TPSA) is 279 Å². The highest BCUT2D eigenvalue weighted by Crippen LogP contribution is 2.57. The zero-order chi connectivity index (χ0) is 32.5. The van der Waals surface area contributed by atoms with Crippen LogP contribution in [-0.4, -0.2) is 99.0 Å². The van der Waals surface area contributed by atoms with Crippen LogP contribution in [0.15, 0.2) is 29.7 Å². The van der Waals surface area contributed by atoms with Gasteiger partial charge in [0.05, 0.1) is 31.0 Å². The predicted octanol–water partition coefficient (Wildman–Crippen LogP) is -0.293. The molecule has 4 aromatic heterocycles. The van der Waals surface area contributed by atoms with Gasteiger partial charge < -0.3 is 49.7 Å². The number of anilines is 2. The summed E-state index contributed by atoms with van der Waals surface area (Å²) < 4.78 is 50.7. The maximum Gasteiger partial charge on any atom is 0.386 e. The van der Waals surface area contributed by atoms with E-state index in [0.29, 0.717) is 11.0 Å². The number of fused-ring (bicyclic) bond motifs is 4. The first-order chi connectivity index (χ1) is 21.8. The van der Waals surface area contributed by atoms with Crippen molar-refractivity contribution >= 4 is 71.5 Å². The van der Waals surface area contributed by atoms with E-state index in [-0.39, 0.29) is 36.0 Å². The summed E-state index contributed by atoms with van der Waals surface area (Å²) in [4.78, 5) is 42.0. The first kappa shape index (κ1) is 32.0. The highest BCUT2D eigenvalue weighted by molar-refractivity contribution is 8.44. The van der Waals surface area contributed by atoms with E-state index in [9.17, 15) is 24.5 Å². The average molecular weight is 720 g/mol. The van der Waals surface area contributed by atoms with Crippen molar-refractivity contribution in [2.75, 3.05) is 24.7 Å². The molecule has 0 aliphatic carbocycles. The van der Waals surface area contributed by atoms with Crippen LogP contribution < -0.4 is 17.0 Å². The third-order valence-corrected chi connectivity index (χ3v) is 10.9. The van der Waals surface area contributed by atoms with Gasteiger partial charge in [0.1, 0.15) is 48.3 Å². The molecular weight excluding hydrogens is 692 g/mol. The zero-order valence-electron chi connectivity index (χ0n) is 23.2. The molecule has 4 aromatic rings. The molecule has 24 heteroatoms. The number of nitrogens with zero attached hydrogens (tertiary/aromatic N) is 6. The second-order valence-electron chi connectivity index (χ2n) is 10.6. The molecule has 3 aliphatic heterocycles. The minimum Gasteiger partial charge on any atom is -0.386 e. The van der Waals surface area contributed by atoms with Gasteiger partial charge in [-0.2, -0.15) is 4.98 Å². The summed E-state index contributed by atoms with van der Waals surface area (Å²) in [6.07, 6.45) is -6.17. The molecule has 7 heterocycles. The molecule has 10 atom stereocenters. The van der Waals surface area contributed by atoms with Crippen LogP contribution in [0, 0.1) is 0 Å². The second kappa shape index (κ2) is 11.8. The van der Waals surface area contributed by atoms with Crippen LogP contribution in [0.5, 0.6) is 0 Å². The van der Waals surface area contributed by atoms with Gasteiger partial charge in [-0.3, -0.25) is 23.4 Å². The van der Waals surface area contributed by atoms with E-state index >= 15 is 0 Å². The fourth-order valence-electron chi connectivity index (χ4n) is 5.67. The lowest BCUT2D eigenvalue weighted by Gasteiger charge is -2.26. The van der Waals surface area contributed by atoms with Gasteiger partial charge in [-0.05, 0) is 17.9 Å². The Kier molecular flexibility index (Phi) is 8.24. The third kappa shape index (κ3) is 5.76. The third-order valence-electron chi connectivity index (χ3n) is 7.73. The van der Waals surface area contributed by atoms with E-state index in [2.05, 4.69) is 37.2 Å². The fraction of sp³-hybridized carbons (Fsp3) is 0.500. The second-order valence-corrected chi connectivity index (χ2v) is 16.3. The fourth-order valence-corrected chi connectivity index (χ4v) is 8.65. The maximum absolute atomic E-state index is 13.4.